The molecule has 0 unspecified atom stereocenters. The third-order valence-corrected chi connectivity index (χ3v) is 3.39. The van der Waals surface area contributed by atoms with Gasteiger partial charge in [0.15, 0.2) is 5.82 Å². The van der Waals surface area contributed by atoms with Crippen LogP contribution in [0.15, 0.2) is 0 Å². The molecule has 0 saturated carbocycles. The number of rotatable bonds is 3. The van der Waals surface area contributed by atoms with Crippen molar-refractivity contribution in [3.05, 3.63) is 5.69 Å². The molecule has 0 atom stereocenters. The summed E-state index contributed by atoms with van der Waals surface area (Å²) in [5.74, 6) is 0.279. The van der Waals surface area contributed by atoms with Crippen LogP contribution in [0, 0.1) is 6.92 Å². The number of hydrogen-bond acceptors (Lipinski definition) is 4. The van der Waals surface area contributed by atoms with Crippen molar-refractivity contribution in [2.24, 2.45) is 7.05 Å². The van der Waals surface area contributed by atoms with E-state index < -0.39 is 10.2 Å². The molecule has 1 rings (SSSR count). The Morgan fingerprint density at radius 2 is 2.00 bits per heavy atom. The van der Waals surface area contributed by atoms with Gasteiger partial charge in [-0.1, -0.05) is 0 Å². The Labute approximate surface area is 89.0 Å². The first-order valence-electron chi connectivity index (χ1n) is 4.25. The molecule has 0 fully saturated rings. The molecule has 0 aliphatic carbocycles. The zero-order valence-electron chi connectivity index (χ0n) is 9.14. The van der Waals surface area contributed by atoms with Crippen molar-refractivity contribution < 1.29 is 8.42 Å². The van der Waals surface area contributed by atoms with Gasteiger partial charge in [0.25, 0.3) is 0 Å². The highest BCUT2D eigenvalue weighted by atomic mass is 32.2. The van der Waals surface area contributed by atoms with E-state index in [1.54, 1.807) is 14.0 Å². The van der Waals surface area contributed by atoms with Crippen molar-refractivity contribution >= 4 is 21.7 Å². The maximum atomic E-state index is 11.5. The van der Waals surface area contributed by atoms with Crippen LogP contribution < -0.4 is 10.5 Å². The molecule has 0 amide bonds. The van der Waals surface area contributed by atoms with E-state index in [-0.39, 0.29) is 5.82 Å². The van der Waals surface area contributed by atoms with Crippen LogP contribution in [0.1, 0.15) is 5.69 Å². The standard InChI is InChI=1S/C7H15N5O2S/c1-5-6(8)7(12(4)9-5)10-15(13,14)11(2)3/h10H,8H2,1-4H3. The van der Waals surface area contributed by atoms with Gasteiger partial charge in [-0.25, -0.2) is 4.68 Å². The van der Waals surface area contributed by atoms with Crippen LogP contribution in [0.2, 0.25) is 0 Å². The molecule has 0 aliphatic heterocycles. The van der Waals surface area contributed by atoms with Crippen molar-refractivity contribution in [1.82, 2.24) is 14.1 Å². The second kappa shape index (κ2) is 3.70. The molecule has 1 aromatic heterocycles. The first-order valence-corrected chi connectivity index (χ1v) is 5.69. The number of nitrogens with one attached hydrogen (secondary N) is 1. The van der Waals surface area contributed by atoms with E-state index in [9.17, 15) is 8.42 Å². The fraction of sp³-hybridized carbons (Fsp3) is 0.571. The van der Waals surface area contributed by atoms with E-state index in [1.807, 2.05) is 0 Å². The minimum absolute atomic E-state index is 0.279. The first kappa shape index (κ1) is 11.8. The SMILES string of the molecule is Cc1nn(C)c(NS(=O)(=O)N(C)C)c1N. The lowest BCUT2D eigenvalue weighted by molar-refractivity contribution is 0.526. The maximum Gasteiger partial charge on any atom is 0.302 e. The fourth-order valence-electron chi connectivity index (χ4n) is 1.01. The van der Waals surface area contributed by atoms with E-state index >= 15 is 0 Å². The Balaban J connectivity index is 3.11. The molecular weight excluding hydrogens is 218 g/mol. The van der Waals surface area contributed by atoms with Gasteiger partial charge in [0, 0.05) is 21.1 Å². The smallest absolute Gasteiger partial charge is 0.302 e. The summed E-state index contributed by atoms with van der Waals surface area (Å²) in [6.45, 7) is 1.71. The predicted octanol–water partition coefficient (Wildman–Crippen LogP) is -0.471. The van der Waals surface area contributed by atoms with Gasteiger partial charge in [-0.05, 0) is 6.92 Å². The van der Waals surface area contributed by atoms with Gasteiger partial charge < -0.3 is 5.73 Å². The van der Waals surface area contributed by atoms with E-state index in [4.69, 9.17) is 5.73 Å². The molecule has 86 valence electrons. The lowest BCUT2D eigenvalue weighted by atomic mass is 10.4. The summed E-state index contributed by atoms with van der Waals surface area (Å²) >= 11 is 0. The second-order valence-electron chi connectivity index (χ2n) is 3.36. The van der Waals surface area contributed by atoms with Crippen LogP contribution in [0.4, 0.5) is 11.5 Å². The van der Waals surface area contributed by atoms with Gasteiger partial charge in [0.05, 0.1) is 11.4 Å². The number of nitrogens with two attached hydrogens (primary N) is 1. The van der Waals surface area contributed by atoms with E-state index in [0.29, 0.717) is 11.4 Å². The average Bonchev–Trinajstić information content (AvgIpc) is 2.32. The summed E-state index contributed by atoms with van der Waals surface area (Å²) in [5, 5.41) is 4.00. The number of hydrogen-bond donors (Lipinski definition) is 2. The van der Waals surface area contributed by atoms with Gasteiger partial charge in [-0.3, -0.25) is 4.72 Å². The summed E-state index contributed by atoms with van der Waals surface area (Å²) in [6, 6.07) is 0. The quantitative estimate of drug-likeness (QED) is 0.738. The fourth-order valence-corrected chi connectivity index (χ4v) is 1.68. The maximum absolute atomic E-state index is 11.5. The highest BCUT2D eigenvalue weighted by molar-refractivity contribution is 7.90. The van der Waals surface area contributed by atoms with E-state index in [2.05, 4.69) is 9.82 Å². The number of aromatic nitrogens is 2. The van der Waals surface area contributed by atoms with Crippen molar-refractivity contribution in [3.63, 3.8) is 0 Å². The van der Waals surface area contributed by atoms with Gasteiger partial charge >= 0.3 is 10.2 Å². The lowest BCUT2D eigenvalue weighted by Gasteiger charge is -2.13. The Hall–Kier alpha value is -1.28. The average molecular weight is 233 g/mol. The van der Waals surface area contributed by atoms with Crippen LogP contribution >= 0.6 is 0 Å². The third kappa shape index (κ3) is 2.21. The molecule has 1 heterocycles. The highest BCUT2D eigenvalue weighted by Crippen LogP contribution is 2.22. The zero-order chi connectivity index (χ0) is 11.8. The molecule has 7 nitrogen and oxygen atoms in total. The monoisotopic (exact) mass is 233 g/mol. The number of nitrogen functional groups attached to an aromatic ring is 1. The number of nitrogens with zero attached hydrogens (tertiary/aromatic N) is 3. The van der Waals surface area contributed by atoms with Gasteiger partial charge in [0.2, 0.25) is 0 Å². The Morgan fingerprint density at radius 1 is 1.47 bits per heavy atom. The molecular formula is C7H15N5O2S. The Bertz CT molecular complexity index is 462. The van der Waals surface area contributed by atoms with Gasteiger partial charge in [0.1, 0.15) is 0 Å². The molecule has 0 spiro atoms. The molecule has 0 bridgehead atoms. The van der Waals surface area contributed by atoms with Crippen LogP contribution in [-0.4, -0.2) is 36.6 Å². The molecule has 8 heteroatoms. The summed E-state index contributed by atoms with van der Waals surface area (Å²) in [6.07, 6.45) is 0. The normalized spacial score (nSPS) is 12.1. The molecule has 3 N–H and O–H groups in total. The Morgan fingerprint density at radius 3 is 2.33 bits per heavy atom. The van der Waals surface area contributed by atoms with Gasteiger partial charge in [-0.2, -0.15) is 17.8 Å². The highest BCUT2D eigenvalue weighted by Gasteiger charge is 2.18. The van der Waals surface area contributed by atoms with E-state index in [0.717, 1.165) is 4.31 Å². The first-order chi connectivity index (χ1) is 6.75. The topological polar surface area (TPSA) is 93.2 Å². The minimum Gasteiger partial charge on any atom is -0.394 e. The minimum atomic E-state index is -3.54. The van der Waals surface area contributed by atoms with Crippen LogP contribution in [-0.2, 0) is 17.3 Å². The van der Waals surface area contributed by atoms with Crippen LogP contribution in [0.25, 0.3) is 0 Å². The largest absolute Gasteiger partial charge is 0.394 e. The summed E-state index contributed by atoms with van der Waals surface area (Å²) in [4.78, 5) is 0. The van der Waals surface area contributed by atoms with Crippen molar-refractivity contribution in [3.8, 4) is 0 Å². The molecule has 0 saturated heterocycles. The second-order valence-corrected chi connectivity index (χ2v) is 5.25. The summed E-state index contributed by atoms with van der Waals surface area (Å²) < 4.78 is 27.9. The zero-order valence-corrected chi connectivity index (χ0v) is 9.96. The van der Waals surface area contributed by atoms with Crippen molar-refractivity contribution in [2.75, 3.05) is 24.6 Å². The van der Waals surface area contributed by atoms with Crippen molar-refractivity contribution in [2.45, 2.75) is 6.92 Å². The molecule has 0 aromatic carbocycles. The molecule has 0 aliphatic rings. The lowest BCUT2D eigenvalue weighted by Crippen LogP contribution is -2.30. The van der Waals surface area contributed by atoms with Gasteiger partial charge in [-0.15, -0.1) is 0 Å². The Kier molecular flexibility index (Phi) is 2.91. The summed E-state index contributed by atoms with van der Waals surface area (Å²) in [5.41, 5.74) is 6.61. The molecule has 0 radical (unpaired) electrons. The van der Waals surface area contributed by atoms with Crippen LogP contribution in [0.3, 0.4) is 0 Å². The summed E-state index contributed by atoms with van der Waals surface area (Å²) in [7, 11) is 0.946. The predicted molar refractivity (Wildman–Crippen MR) is 58.6 cm³/mol. The van der Waals surface area contributed by atoms with Crippen molar-refractivity contribution in [1.29, 1.82) is 0 Å². The number of aryl methyl sites for hydroxylation is 2. The molecule has 1 aromatic rings. The number of anilines is 2. The van der Waals surface area contributed by atoms with E-state index in [1.165, 1.54) is 18.8 Å². The van der Waals surface area contributed by atoms with Crippen LogP contribution in [0.5, 0.6) is 0 Å². The third-order valence-electron chi connectivity index (χ3n) is 1.97. The molecule has 15 heavy (non-hydrogen) atoms.